The topological polar surface area (TPSA) is 21.3 Å². The molecule has 1 aromatic rings. The fraction of sp³-hybridized carbons (Fsp3) is 0.571. The van der Waals surface area contributed by atoms with E-state index in [1.165, 1.54) is 43.4 Å². The Morgan fingerprint density at radius 2 is 2.25 bits per heavy atom. The monoisotopic (exact) mass is 217 g/mol. The number of fused-ring (bicyclic) bond motifs is 1. The van der Waals surface area contributed by atoms with Crippen LogP contribution in [0.15, 0.2) is 18.2 Å². The van der Waals surface area contributed by atoms with Crippen molar-refractivity contribution < 1.29 is 4.74 Å². The Morgan fingerprint density at radius 3 is 3.12 bits per heavy atom. The quantitative estimate of drug-likeness (QED) is 0.836. The molecule has 1 N–H and O–H groups in total. The highest BCUT2D eigenvalue weighted by atomic mass is 16.5. The first-order valence-electron chi connectivity index (χ1n) is 6.42. The molecule has 1 aromatic carbocycles. The normalized spacial score (nSPS) is 18.8. The summed E-state index contributed by atoms with van der Waals surface area (Å²) >= 11 is 0. The largest absolute Gasteiger partial charge is 0.491 e. The minimum atomic E-state index is 0.878. The number of aryl methyl sites for hydroxylation is 1. The molecular weight excluding hydrogens is 198 g/mol. The van der Waals surface area contributed by atoms with Gasteiger partial charge in [0.15, 0.2) is 0 Å². The van der Waals surface area contributed by atoms with Gasteiger partial charge in [0.1, 0.15) is 5.75 Å². The number of nitrogens with one attached hydrogen (secondary N) is 1. The number of hydrogen-bond acceptors (Lipinski definition) is 2. The Balaban J connectivity index is 1.67. The van der Waals surface area contributed by atoms with Gasteiger partial charge in [0, 0.05) is 6.54 Å². The van der Waals surface area contributed by atoms with Crippen molar-refractivity contribution in [1.29, 1.82) is 0 Å². The Morgan fingerprint density at radius 1 is 1.31 bits per heavy atom. The number of hydrogen-bond donors (Lipinski definition) is 1. The van der Waals surface area contributed by atoms with E-state index in [0.717, 1.165) is 24.8 Å². The van der Waals surface area contributed by atoms with Crippen molar-refractivity contribution in [2.45, 2.75) is 32.1 Å². The van der Waals surface area contributed by atoms with E-state index in [2.05, 4.69) is 23.5 Å². The van der Waals surface area contributed by atoms with Crippen molar-refractivity contribution in [2.75, 3.05) is 18.5 Å². The fourth-order valence-corrected chi connectivity index (χ4v) is 2.34. The van der Waals surface area contributed by atoms with Crippen LogP contribution in [0.3, 0.4) is 0 Å². The van der Waals surface area contributed by atoms with Gasteiger partial charge in [0.2, 0.25) is 0 Å². The Hall–Kier alpha value is -1.18. The third kappa shape index (κ3) is 2.16. The molecule has 0 amide bonds. The first-order chi connectivity index (χ1) is 7.93. The van der Waals surface area contributed by atoms with Gasteiger partial charge < -0.3 is 10.1 Å². The van der Waals surface area contributed by atoms with Crippen LogP contribution >= 0.6 is 0 Å². The predicted molar refractivity (Wildman–Crippen MR) is 66.1 cm³/mol. The van der Waals surface area contributed by atoms with Gasteiger partial charge >= 0.3 is 0 Å². The van der Waals surface area contributed by atoms with Gasteiger partial charge in [-0.25, -0.2) is 0 Å². The molecule has 2 heteroatoms. The van der Waals surface area contributed by atoms with Crippen LogP contribution in [-0.2, 0) is 6.42 Å². The first kappa shape index (κ1) is 10.0. The zero-order chi connectivity index (χ0) is 10.8. The fourth-order valence-electron chi connectivity index (χ4n) is 2.34. The molecule has 0 radical (unpaired) electrons. The van der Waals surface area contributed by atoms with Crippen LogP contribution in [0.2, 0.25) is 0 Å². The highest BCUT2D eigenvalue weighted by Crippen LogP contribution is 2.34. The van der Waals surface area contributed by atoms with Crippen LogP contribution in [-0.4, -0.2) is 13.2 Å². The van der Waals surface area contributed by atoms with Crippen molar-refractivity contribution in [2.24, 2.45) is 5.92 Å². The van der Waals surface area contributed by atoms with E-state index in [1.54, 1.807) is 0 Å². The summed E-state index contributed by atoms with van der Waals surface area (Å²) in [4.78, 5) is 0. The van der Waals surface area contributed by atoms with E-state index >= 15 is 0 Å². The van der Waals surface area contributed by atoms with Gasteiger partial charge in [-0.05, 0) is 36.8 Å². The summed E-state index contributed by atoms with van der Waals surface area (Å²) in [5.41, 5.74) is 2.65. The van der Waals surface area contributed by atoms with E-state index in [-0.39, 0.29) is 0 Å². The van der Waals surface area contributed by atoms with Crippen molar-refractivity contribution in [3.05, 3.63) is 23.8 Å². The average molecular weight is 217 g/mol. The summed E-state index contributed by atoms with van der Waals surface area (Å²) in [5.74, 6) is 2.00. The van der Waals surface area contributed by atoms with Crippen LogP contribution < -0.4 is 10.1 Å². The average Bonchev–Trinajstić information content (AvgIpc) is 3.13. The molecule has 0 aromatic heterocycles. The van der Waals surface area contributed by atoms with E-state index in [9.17, 15) is 0 Å². The summed E-state index contributed by atoms with van der Waals surface area (Å²) in [7, 11) is 0. The van der Waals surface area contributed by atoms with Crippen molar-refractivity contribution in [3.63, 3.8) is 0 Å². The van der Waals surface area contributed by atoms with Crippen LogP contribution in [0, 0.1) is 5.92 Å². The van der Waals surface area contributed by atoms with Crippen molar-refractivity contribution >= 4 is 5.69 Å². The smallest absolute Gasteiger partial charge is 0.142 e. The third-order valence-electron chi connectivity index (χ3n) is 3.52. The Labute approximate surface area is 97.0 Å². The van der Waals surface area contributed by atoms with Crippen LogP contribution in [0.5, 0.6) is 5.75 Å². The van der Waals surface area contributed by atoms with Crippen molar-refractivity contribution in [1.82, 2.24) is 0 Å². The van der Waals surface area contributed by atoms with Gasteiger partial charge in [-0.2, -0.15) is 0 Å². The molecule has 1 aliphatic carbocycles. The molecule has 2 aliphatic rings. The molecular formula is C14H19NO. The number of anilines is 1. The minimum Gasteiger partial charge on any atom is -0.491 e. The summed E-state index contributed by atoms with van der Waals surface area (Å²) in [6.07, 6.45) is 6.47. The number of rotatable bonds is 4. The Kier molecular flexibility index (Phi) is 2.73. The second-order valence-corrected chi connectivity index (χ2v) is 4.90. The molecule has 3 rings (SSSR count). The number of benzene rings is 1. The first-order valence-corrected chi connectivity index (χ1v) is 6.42. The highest BCUT2D eigenvalue weighted by Gasteiger charge is 2.21. The maximum Gasteiger partial charge on any atom is 0.142 e. The molecule has 1 heterocycles. The Bertz CT molecular complexity index is 371. The van der Waals surface area contributed by atoms with E-state index in [0.29, 0.717) is 0 Å². The lowest BCUT2D eigenvalue weighted by molar-refractivity contribution is 0.303. The molecule has 16 heavy (non-hydrogen) atoms. The van der Waals surface area contributed by atoms with E-state index in [1.807, 2.05) is 0 Å². The summed E-state index contributed by atoms with van der Waals surface area (Å²) in [6, 6.07) is 6.40. The second kappa shape index (κ2) is 4.36. The van der Waals surface area contributed by atoms with Gasteiger partial charge in [-0.3, -0.25) is 0 Å². The summed E-state index contributed by atoms with van der Waals surface area (Å²) in [6.45, 7) is 1.96. The lowest BCUT2D eigenvalue weighted by atomic mass is 10.0. The SMILES string of the molecule is c1cc2c(c(OCCC3CC3)c1)NCCC2. The maximum absolute atomic E-state index is 5.89. The number of ether oxygens (including phenoxy) is 1. The van der Waals surface area contributed by atoms with Gasteiger partial charge in [0.05, 0.1) is 12.3 Å². The zero-order valence-electron chi connectivity index (χ0n) is 9.67. The van der Waals surface area contributed by atoms with Gasteiger partial charge in [-0.1, -0.05) is 25.0 Å². The minimum absolute atomic E-state index is 0.878. The summed E-state index contributed by atoms with van der Waals surface area (Å²) < 4.78 is 5.89. The standard InChI is InChI=1S/C14H19NO/c1-3-12-4-2-9-15-14(12)13(5-1)16-10-8-11-6-7-11/h1,3,5,11,15H,2,4,6-10H2. The van der Waals surface area contributed by atoms with Crippen molar-refractivity contribution in [3.8, 4) is 5.75 Å². The molecule has 2 nitrogen and oxygen atoms in total. The van der Waals surface area contributed by atoms with E-state index < -0.39 is 0 Å². The lowest BCUT2D eigenvalue weighted by Crippen LogP contribution is -2.13. The lowest BCUT2D eigenvalue weighted by Gasteiger charge is -2.21. The van der Waals surface area contributed by atoms with Gasteiger partial charge in [-0.15, -0.1) is 0 Å². The molecule has 0 atom stereocenters. The maximum atomic E-state index is 5.89. The molecule has 1 saturated carbocycles. The zero-order valence-corrected chi connectivity index (χ0v) is 9.67. The summed E-state index contributed by atoms with van der Waals surface area (Å²) in [5, 5.41) is 3.46. The van der Waals surface area contributed by atoms with Crippen LogP contribution in [0.1, 0.15) is 31.2 Å². The molecule has 86 valence electrons. The second-order valence-electron chi connectivity index (χ2n) is 4.90. The molecule has 0 spiro atoms. The van der Waals surface area contributed by atoms with Crippen LogP contribution in [0.25, 0.3) is 0 Å². The molecule has 0 bridgehead atoms. The third-order valence-corrected chi connectivity index (χ3v) is 3.52. The predicted octanol–water partition coefficient (Wildman–Crippen LogP) is 3.22. The van der Waals surface area contributed by atoms with Crippen LogP contribution in [0.4, 0.5) is 5.69 Å². The molecule has 0 saturated heterocycles. The number of para-hydroxylation sites is 1. The molecule has 1 fully saturated rings. The van der Waals surface area contributed by atoms with Gasteiger partial charge in [0.25, 0.3) is 0 Å². The molecule has 0 unspecified atom stereocenters. The van der Waals surface area contributed by atoms with E-state index in [4.69, 9.17) is 4.74 Å². The highest BCUT2D eigenvalue weighted by molar-refractivity contribution is 5.63. The molecule has 1 aliphatic heterocycles.